The quantitative estimate of drug-likeness (QED) is 0.666. The predicted octanol–water partition coefficient (Wildman–Crippen LogP) is 3.77. The molecule has 134 valence electrons. The zero-order chi connectivity index (χ0) is 19.1. The van der Waals surface area contributed by atoms with Gasteiger partial charge in [-0.05, 0) is 61.4 Å². The first-order valence-corrected chi connectivity index (χ1v) is 9.67. The summed E-state index contributed by atoms with van der Waals surface area (Å²) in [7, 11) is -3.86. The van der Waals surface area contributed by atoms with Gasteiger partial charge in [-0.1, -0.05) is 17.7 Å². The van der Waals surface area contributed by atoms with E-state index in [0.29, 0.717) is 15.9 Å². The van der Waals surface area contributed by atoms with Gasteiger partial charge in [-0.25, -0.2) is 8.42 Å². The Labute approximate surface area is 156 Å². The van der Waals surface area contributed by atoms with Crippen LogP contribution in [0.5, 0.6) is 0 Å². The topological polar surface area (TPSA) is 93.0 Å². The predicted molar refractivity (Wildman–Crippen MR) is 103 cm³/mol. The molecule has 3 rings (SSSR count). The number of aromatic nitrogens is 1. The minimum Gasteiger partial charge on any atom is -0.366 e. The SMILES string of the molecule is Cc1cc(C)cc(S(=O)(=O)c2c(/C=C/C(N)=O)[nH]c3ccc(Cl)cc23)c1. The van der Waals surface area contributed by atoms with Crippen LogP contribution in [-0.2, 0) is 14.6 Å². The zero-order valence-corrected chi connectivity index (χ0v) is 15.8. The number of nitrogens with one attached hydrogen (secondary N) is 1. The minimum absolute atomic E-state index is 0.0671. The van der Waals surface area contributed by atoms with Crippen molar-refractivity contribution in [3.8, 4) is 0 Å². The van der Waals surface area contributed by atoms with Crippen LogP contribution in [0.4, 0.5) is 0 Å². The molecule has 0 radical (unpaired) electrons. The Bertz CT molecular complexity index is 1140. The average molecular weight is 389 g/mol. The Balaban J connectivity index is 2.35. The van der Waals surface area contributed by atoms with E-state index in [1.165, 1.54) is 6.08 Å². The minimum atomic E-state index is -3.86. The number of halogens is 1. The standard InChI is InChI=1S/C19H17ClN2O3S/c1-11-7-12(2)9-14(8-11)26(24,25)19-15-10-13(20)3-4-16(15)22-17(19)5-6-18(21)23/h3-10,22H,1-2H3,(H2,21,23)/b6-5+. The molecule has 2 aromatic carbocycles. The van der Waals surface area contributed by atoms with Gasteiger partial charge in [-0.3, -0.25) is 4.79 Å². The molecule has 0 atom stereocenters. The molecule has 1 heterocycles. The van der Waals surface area contributed by atoms with Gasteiger partial charge in [0, 0.05) is 22.0 Å². The van der Waals surface area contributed by atoms with Gasteiger partial charge in [0.15, 0.2) is 0 Å². The fourth-order valence-corrected chi connectivity index (χ4v) is 4.90. The van der Waals surface area contributed by atoms with Crippen LogP contribution in [0.25, 0.3) is 17.0 Å². The molecule has 0 bridgehead atoms. The van der Waals surface area contributed by atoms with Crippen LogP contribution in [0.3, 0.4) is 0 Å². The zero-order valence-electron chi connectivity index (χ0n) is 14.2. The Morgan fingerprint density at radius 3 is 2.38 bits per heavy atom. The number of primary amides is 1. The third-order valence-electron chi connectivity index (χ3n) is 3.93. The van der Waals surface area contributed by atoms with Crippen molar-refractivity contribution in [1.29, 1.82) is 0 Å². The molecule has 26 heavy (non-hydrogen) atoms. The van der Waals surface area contributed by atoms with E-state index in [9.17, 15) is 13.2 Å². The second-order valence-corrected chi connectivity index (χ2v) is 8.44. The number of benzene rings is 2. The van der Waals surface area contributed by atoms with Crippen LogP contribution in [0.1, 0.15) is 16.8 Å². The summed E-state index contributed by atoms with van der Waals surface area (Å²) in [6.45, 7) is 3.68. The van der Waals surface area contributed by atoms with Gasteiger partial charge in [0.25, 0.3) is 0 Å². The van der Waals surface area contributed by atoms with Crippen LogP contribution in [0.15, 0.2) is 52.3 Å². The van der Waals surface area contributed by atoms with Crippen LogP contribution in [-0.4, -0.2) is 19.3 Å². The molecule has 3 N–H and O–H groups in total. The first-order chi connectivity index (χ1) is 12.2. The van der Waals surface area contributed by atoms with Crippen molar-refractivity contribution in [2.45, 2.75) is 23.6 Å². The number of nitrogens with two attached hydrogens (primary N) is 1. The van der Waals surface area contributed by atoms with Crippen LogP contribution in [0, 0.1) is 13.8 Å². The number of carbonyl (C=O) groups excluding carboxylic acids is 1. The number of fused-ring (bicyclic) bond motifs is 1. The third-order valence-corrected chi connectivity index (χ3v) is 6.00. The maximum atomic E-state index is 13.4. The first-order valence-electron chi connectivity index (χ1n) is 7.80. The third kappa shape index (κ3) is 3.38. The van der Waals surface area contributed by atoms with Crippen molar-refractivity contribution in [1.82, 2.24) is 4.98 Å². The van der Waals surface area contributed by atoms with Crippen molar-refractivity contribution in [3.05, 3.63) is 64.3 Å². The highest BCUT2D eigenvalue weighted by atomic mass is 35.5. The number of H-pyrrole nitrogens is 1. The Morgan fingerprint density at radius 2 is 1.77 bits per heavy atom. The maximum Gasteiger partial charge on any atom is 0.241 e. The Kier molecular flexibility index (Phi) is 4.64. The van der Waals surface area contributed by atoms with Gasteiger partial charge in [-0.2, -0.15) is 0 Å². The Morgan fingerprint density at radius 1 is 1.12 bits per heavy atom. The van der Waals surface area contributed by atoms with E-state index >= 15 is 0 Å². The number of sulfone groups is 1. The first kappa shape index (κ1) is 18.2. The summed E-state index contributed by atoms with van der Waals surface area (Å²) in [5, 5.41) is 0.875. The van der Waals surface area contributed by atoms with Gasteiger partial charge in [0.1, 0.15) is 4.90 Å². The van der Waals surface area contributed by atoms with Crippen molar-refractivity contribution in [2.75, 3.05) is 0 Å². The number of amides is 1. The van der Waals surface area contributed by atoms with Crippen molar-refractivity contribution < 1.29 is 13.2 Å². The summed E-state index contributed by atoms with van der Waals surface area (Å²) in [4.78, 5) is 14.4. The summed E-state index contributed by atoms with van der Waals surface area (Å²) in [6.07, 6.45) is 2.48. The summed E-state index contributed by atoms with van der Waals surface area (Å²) >= 11 is 6.07. The monoisotopic (exact) mass is 388 g/mol. The number of carbonyl (C=O) groups is 1. The molecular weight excluding hydrogens is 372 g/mol. The average Bonchev–Trinajstić information content (AvgIpc) is 2.90. The molecule has 0 saturated heterocycles. The van der Waals surface area contributed by atoms with Crippen LogP contribution >= 0.6 is 11.6 Å². The summed E-state index contributed by atoms with van der Waals surface area (Å²) in [5.41, 5.74) is 7.72. The number of aryl methyl sites for hydroxylation is 2. The molecule has 0 aliphatic carbocycles. The van der Waals surface area contributed by atoms with Crippen LogP contribution in [0.2, 0.25) is 5.02 Å². The Hall–Kier alpha value is -2.57. The van der Waals surface area contributed by atoms with Gasteiger partial charge in [-0.15, -0.1) is 0 Å². The summed E-state index contributed by atoms with van der Waals surface area (Å²) in [5.74, 6) is -0.670. The van der Waals surface area contributed by atoms with E-state index in [1.54, 1.807) is 30.3 Å². The van der Waals surface area contributed by atoms with Gasteiger partial charge in [0.2, 0.25) is 15.7 Å². The molecule has 1 amide bonds. The molecule has 0 unspecified atom stereocenters. The lowest BCUT2D eigenvalue weighted by Gasteiger charge is -2.08. The molecule has 0 spiro atoms. The highest BCUT2D eigenvalue weighted by Gasteiger charge is 2.26. The molecule has 7 heteroatoms. The summed E-state index contributed by atoms with van der Waals surface area (Å²) < 4.78 is 26.8. The van der Waals surface area contributed by atoms with E-state index in [-0.39, 0.29) is 15.5 Å². The van der Waals surface area contributed by atoms with Crippen LogP contribution < -0.4 is 5.73 Å². The molecule has 1 aromatic heterocycles. The molecule has 3 aromatic rings. The normalized spacial score (nSPS) is 12.1. The lowest BCUT2D eigenvalue weighted by atomic mass is 10.2. The smallest absolute Gasteiger partial charge is 0.241 e. The molecule has 0 aliphatic heterocycles. The number of aromatic amines is 1. The lowest BCUT2D eigenvalue weighted by molar-refractivity contribution is -0.113. The van der Waals surface area contributed by atoms with E-state index in [4.69, 9.17) is 17.3 Å². The molecular formula is C19H17ClN2O3S. The number of rotatable bonds is 4. The summed E-state index contributed by atoms with van der Waals surface area (Å²) in [6, 6.07) is 10.1. The molecule has 0 fully saturated rings. The highest BCUT2D eigenvalue weighted by molar-refractivity contribution is 7.91. The van der Waals surface area contributed by atoms with Gasteiger partial charge < -0.3 is 10.7 Å². The van der Waals surface area contributed by atoms with E-state index in [0.717, 1.165) is 17.2 Å². The van der Waals surface area contributed by atoms with Gasteiger partial charge in [0.05, 0.1) is 10.6 Å². The van der Waals surface area contributed by atoms with Crippen molar-refractivity contribution >= 4 is 44.3 Å². The molecule has 0 aliphatic rings. The fourth-order valence-electron chi connectivity index (χ4n) is 2.94. The molecule has 0 saturated carbocycles. The molecule has 5 nitrogen and oxygen atoms in total. The van der Waals surface area contributed by atoms with E-state index in [1.807, 2.05) is 19.9 Å². The second kappa shape index (κ2) is 6.63. The lowest BCUT2D eigenvalue weighted by Crippen LogP contribution is -2.06. The number of hydrogen-bond acceptors (Lipinski definition) is 3. The second-order valence-electron chi connectivity index (χ2n) is 6.12. The number of hydrogen-bond donors (Lipinski definition) is 2. The van der Waals surface area contributed by atoms with Crippen molar-refractivity contribution in [3.63, 3.8) is 0 Å². The maximum absolute atomic E-state index is 13.4. The van der Waals surface area contributed by atoms with Gasteiger partial charge >= 0.3 is 0 Å². The van der Waals surface area contributed by atoms with E-state index in [2.05, 4.69) is 4.98 Å². The fraction of sp³-hybridized carbons (Fsp3) is 0.105. The highest BCUT2D eigenvalue weighted by Crippen LogP contribution is 2.34. The largest absolute Gasteiger partial charge is 0.366 e. The van der Waals surface area contributed by atoms with E-state index < -0.39 is 15.7 Å². The van der Waals surface area contributed by atoms with Crippen molar-refractivity contribution in [2.24, 2.45) is 5.73 Å².